The maximum absolute atomic E-state index is 13.4. The van der Waals surface area contributed by atoms with Gasteiger partial charge in [-0.05, 0) is 24.3 Å². The lowest BCUT2D eigenvalue weighted by Gasteiger charge is -2.20. The van der Waals surface area contributed by atoms with Crippen LogP contribution in [-0.2, 0) is 0 Å². The molecule has 1 amide bonds. The molecule has 1 aromatic heterocycles. The first-order valence-corrected chi connectivity index (χ1v) is 7.85. The number of nitrogens with one attached hydrogen (secondary N) is 1. The molecule has 0 fully saturated rings. The largest absolute Gasteiger partial charge is 0.343 e. The van der Waals surface area contributed by atoms with Crippen molar-refractivity contribution >= 4 is 36.3 Å². The molecule has 0 unspecified atom stereocenters. The van der Waals surface area contributed by atoms with E-state index in [0.717, 1.165) is 17.3 Å². The highest BCUT2D eigenvalue weighted by Crippen LogP contribution is 2.25. The summed E-state index contributed by atoms with van der Waals surface area (Å²) in [7, 11) is 3.76. The standard InChI is InChI=1S/C19H17BFN3O/c1-24(18-9-15(21)11-22-12-18)17-7-3-6-16(10-17)23-19(25)13-4-2-5-14(20)8-13/h2-12H,20H2,1H3,(H,23,25). The summed E-state index contributed by atoms with van der Waals surface area (Å²) in [5.41, 5.74) is 3.74. The van der Waals surface area contributed by atoms with Crippen LogP contribution in [0.5, 0.6) is 0 Å². The summed E-state index contributed by atoms with van der Waals surface area (Å²) in [6, 6.07) is 16.2. The van der Waals surface area contributed by atoms with Gasteiger partial charge in [0.15, 0.2) is 0 Å². The summed E-state index contributed by atoms with van der Waals surface area (Å²) in [5.74, 6) is -0.566. The zero-order chi connectivity index (χ0) is 17.8. The molecule has 2 aromatic carbocycles. The molecule has 1 heterocycles. The summed E-state index contributed by atoms with van der Waals surface area (Å²) in [6.07, 6.45) is 2.75. The van der Waals surface area contributed by atoms with Crippen molar-refractivity contribution in [2.45, 2.75) is 0 Å². The van der Waals surface area contributed by atoms with Crippen molar-refractivity contribution in [1.82, 2.24) is 4.98 Å². The summed E-state index contributed by atoms with van der Waals surface area (Å²) < 4.78 is 13.4. The molecule has 0 bridgehead atoms. The summed E-state index contributed by atoms with van der Waals surface area (Å²) in [6.45, 7) is 0. The molecule has 0 atom stereocenters. The lowest BCUT2D eigenvalue weighted by atomic mass is 9.94. The number of carbonyl (C=O) groups excluding carboxylic acids is 1. The predicted octanol–water partition coefficient (Wildman–Crippen LogP) is 2.50. The molecule has 0 saturated carbocycles. The average molecular weight is 333 g/mol. The summed E-state index contributed by atoms with van der Waals surface area (Å²) in [5, 5.41) is 2.89. The Bertz CT molecular complexity index is 916. The number of rotatable bonds is 4. The van der Waals surface area contributed by atoms with E-state index in [9.17, 15) is 9.18 Å². The number of anilines is 3. The van der Waals surface area contributed by atoms with Crippen LogP contribution in [0.15, 0.2) is 67.0 Å². The first-order chi connectivity index (χ1) is 12.0. The number of carbonyl (C=O) groups is 1. The van der Waals surface area contributed by atoms with Gasteiger partial charge in [0.1, 0.15) is 13.7 Å². The monoisotopic (exact) mass is 333 g/mol. The minimum absolute atomic E-state index is 0.170. The van der Waals surface area contributed by atoms with E-state index in [-0.39, 0.29) is 5.91 Å². The Balaban J connectivity index is 1.80. The smallest absolute Gasteiger partial charge is 0.255 e. The van der Waals surface area contributed by atoms with Gasteiger partial charge in [-0.25, -0.2) is 4.39 Å². The third kappa shape index (κ3) is 4.04. The SMILES string of the molecule is Bc1cccc(C(=O)Nc2cccc(N(C)c3cncc(F)c3)c2)c1. The predicted molar refractivity (Wildman–Crippen MR) is 101 cm³/mol. The van der Waals surface area contributed by atoms with E-state index >= 15 is 0 Å². The highest BCUT2D eigenvalue weighted by atomic mass is 19.1. The Morgan fingerprint density at radius 1 is 1.08 bits per heavy atom. The van der Waals surface area contributed by atoms with Crippen LogP contribution in [0.25, 0.3) is 0 Å². The van der Waals surface area contributed by atoms with Gasteiger partial charge in [0, 0.05) is 30.1 Å². The third-order valence-electron chi connectivity index (χ3n) is 3.85. The molecule has 25 heavy (non-hydrogen) atoms. The molecule has 1 N–H and O–H groups in total. The Morgan fingerprint density at radius 3 is 2.64 bits per heavy atom. The minimum atomic E-state index is -0.395. The fourth-order valence-corrected chi connectivity index (χ4v) is 2.52. The maximum atomic E-state index is 13.4. The van der Waals surface area contributed by atoms with E-state index in [4.69, 9.17) is 0 Å². The van der Waals surface area contributed by atoms with Gasteiger partial charge < -0.3 is 10.2 Å². The van der Waals surface area contributed by atoms with Crippen molar-refractivity contribution in [2.75, 3.05) is 17.3 Å². The van der Waals surface area contributed by atoms with Crippen LogP contribution >= 0.6 is 0 Å². The number of aromatic nitrogens is 1. The number of hydrogen-bond acceptors (Lipinski definition) is 3. The van der Waals surface area contributed by atoms with Gasteiger partial charge in [-0.2, -0.15) is 0 Å². The molecule has 0 spiro atoms. The molecule has 0 aliphatic rings. The summed E-state index contributed by atoms with van der Waals surface area (Å²) >= 11 is 0. The Kier molecular flexibility index (Phi) is 4.79. The molecule has 0 aliphatic carbocycles. The second-order valence-corrected chi connectivity index (χ2v) is 5.79. The second-order valence-electron chi connectivity index (χ2n) is 5.79. The van der Waals surface area contributed by atoms with Crippen molar-refractivity contribution in [3.8, 4) is 0 Å². The van der Waals surface area contributed by atoms with E-state index in [0.29, 0.717) is 16.9 Å². The molecule has 0 aliphatic heterocycles. The van der Waals surface area contributed by atoms with Crippen molar-refractivity contribution in [1.29, 1.82) is 0 Å². The zero-order valence-corrected chi connectivity index (χ0v) is 14.0. The Hall–Kier alpha value is -3.15. The van der Waals surface area contributed by atoms with Gasteiger partial charge in [-0.1, -0.05) is 29.7 Å². The van der Waals surface area contributed by atoms with E-state index in [1.807, 2.05) is 57.4 Å². The van der Waals surface area contributed by atoms with Crippen LogP contribution in [0.2, 0.25) is 0 Å². The lowest BCUT2D eigenvalue weighted by molar-refractivity contribution is 0.102. The van der Waals surface area contributed by atoms with Gasteiger partial charge in [0.05, 0.1) is 18.1 Å². The summed E-state index contributed by atoms with van der Waals surface area (Å²) in [4.78, 5) is 18.0. The van der Waals surface area contributed by atoms with Crippen molar-refractivity contribution in [3.05, 3.63) is 78.4 Å². The topological polar surface area (TPSA) is 45.2 Å². The van der Waals surface area contributed by atoms with Crippen LogP contribution in [0.4, 0.5) is 21.5 Å². The quantitative estimate of drug-likeness (QED) is 0.746. The molecule has 124 valence electrons. The van der Waals surface area contributed by atoms with Crippen molar-refractivity contribution in [3.63, 3.8) is 0 Å². The van der Waals surface area contributed by atoms with Crippen LogP contribution in [0, 0.1) is 5.82 Å². The van der Waals surface area contributed by atoms with Crippen LogP contribution < -0.4 is 15.7 Å². The molecular formula is C19H17BFN3O. The van der Waals surface area contributed by atoms with Gasteiger partial charge >= 0.3 is 0 Å². The van der Waals surface area contributed by atoms with Crippen LogP contribution in [-0.4, -0.2) is 25.8 Å². The Morgan fingerprint density at radius 2 is 1.88 bits per heavy atom. The highest BCUT2D eigenvalue weighted by Gasteiger charge is 2.09. The molecular weight excluding hydrogens is 316 g/mol. The average Bonchev–Trinajstić information content (AvgIpc) is 2.61. The van der Waals surface area contributed by atoms with E-state index in [1.165, 1.54) is 6.07 Å². The molecule has 3 aromatic rings. The number of amides is 1. The number of hydrogen-bond donors (Lipinski definition) is 1. The second kappa shape index (κ2) is 7.17. The first-order valence-electron chi connectivity index (χ1n) is 7.85. The third-order valence-corrected chi connectivity index (χ3v) is 3.85. The number of halogens is 1. The molecule has 3 rings (SSSR count). The van der Waals surface area contributed by atoms with Gasteiger partial charge in [-0.3, -0.25) is 9.78 Å². The lowest BCUT2D eigenvalue weighted by Crippen LogP contribution is -2.15. The normalized spacial score (nSPS) is 10.3. The van der Waals surface area contributed by atoms with Crippen molar-refractivity contribution in [2.24, 2.45) is 0 Å². The van der Waals surface area contributed by atoms with Gasteiger partial charge in [-0.15, -0.1) is 0 Å². The van der Waals surface area contributed by atoms with Crippen LogP contribution in [0.1, 0.15) is 10.4 Å². The highest BCUT2D eigenvalue weighted by molar-refractivity contribution is 6.32. The van der Waals surface area contributed by atoms with Crippen molar-refractivity contribution < 1.29 is 9.18 Å². The number of nitrogens with zero attached hydrogens (tertiary/aromatic N) is 2. The van der Waals surface area contributed by atoms with E-state index < -0.39 is 5.82 Å². The number of pyridine rings is 1. The fraction of sp³-hybridized carbons (Fsp3) is 0.0526. The Labute approximate surface area is 146 Å². The minimum Gasteiger partial charge on any atom is -0.343 e. The van der Waals surface area contributed by atoms with E-state index in [2.05, 4.69) is 10.3 Å². The first kappa shape index (κ1) is 16.7. The zero-order valence-electron chi connectivity index (χ0n) is 14.0. The maximum Gasteiger partial charge on any atom is 0.255 e. The van der Waals surface area contributed by atoms with Crippen LogP contribution in [0.3, 0.4) is 0 Å². The van der Waals surface area contributed by atoms with Gasteiger partial charge in [0.2, 0.25) is 0 Å². The van der Waals surface area contributed by atoms with Gasteiger partial charge in [0.25, 0.3) is 5.91 Å². The molecule has 0 radical (unpaired) electrons. The number of benzene rings is 2. The van der Waals surface area contributed by atoms with E-state index in [1.54, 1.807) is 17.2 Å². The fourth-order valence-electron chi connectivity index (χ4n) is 2.52. The molecule has 4 nitrogen and oxygen atoms in total. The molecule has 6 heteroatoms. The molecule has 0 saturated heterocycles.